The minimum absolute atomic E-state index is 0.423. The van der Waals surface area contributed by atoms with Crippen LogP contribution in [0.4, 0.5) is 0 Å². The van der Waals surface area contributed by atoms with E-state index in [4.69, 9.17) is 0 Å². The van der Waals surface area contributed by atoms with Crippen molar-refractivity contribution < 1.29 is 0 Å². The molecule has 0 aliphatic rings. The first kappa shape index (κ1) is 13.8. The fourth-order valence-corrected chi connectivity index (χ4v) is 2.47. The van der Waals surface area contributed by atoms with Crippen molar-refractivity contribution in [1.29, 1.82) is 0 Å². The Morgan fingerprint density at radius 1 is 1.16 bits per heavy atom. The molecule has 102 valence electrons. The minimum atomic E-state index is 0.423. The molecule has 1 N–H and O–H groups in total. The number of hydrogen-bond donors (Lipinski definition) is 1. The van der Waals surface area contributed by atoms with Crippen LogP contribution in [-0.2, 0) is 13.0 Å². The van der Waals surface area contributed by atoms with Crippen molar-refractivity contribution in [3.05, 3.63) is 53.9 Å². The van der Waals surface area contributed by atoms with Gasteiger partial charge in [-0.25, -0.2) is 0 Å². The van der Waals surface area contributed by atoms with Gasteiger partial charge in [0.25, 0.3) is 0 Å². The molecule has 2 rings (SSSR count). The molecule has 0 saturated carbocycles. The van der Waals surface area contributed by atoms with Gasteiger partial charge in [-0.2, -0.15) is 5.10 Å². The van der Waals surface area contributed by atoms with E-state index >= 15 is 0 Å². The van der Waals surface area contributed by atoms with E-state index in [1.807, 2.05) is 6.20 Å². The Labute approximate surface area is 115 Å². The molecule has 0 aliphatic carbocycles. The molecular weight excluding hydrogens is 234 g/mol. The molecule has 0 amide bonds. The van der Waals surface area contributed by atoms with Crippen LogP contribution in [0.2, 0.25) is 0 Å². The van der Waals surface area contributed by atoms with Crippen LogP contribution in [0.3, 0.4) is 0 Å². The molecule has 1 aromatic heterocycles. The van der Waals surface area contributed by atoms with E-state index in [2.05, 4.69) is 65.3 Å². The predicted molar refractivity (Wildman–Crippen MR) is 79.1 cm³/mol. The van der Waals surface area contributed by atoms with Gasteiger partial charge in [-0.15, -0.1) is 0 Å². The SMILES string of the molecule is CCNC(CCc1ccnn1CC)c1ccccc1. The highest BCUT2D eigenvalue weighted by Gasteiger charge is 2.11. The third-order valence-electron chi connectivity index (χ3n) is 3.45. The van der Waals surface area contributed by atoms with Crippen LogP contribution in [-0.4, -0.2) is 16.3 Å². The van der Waals surface area contributed by atoms with Crippen molar-refractivity contribution in [3.63, 3.8) is 0 Å². The summed E-state index contributed by atoms with van der Waals surface area (Å²) in [5, 5.41) is 7.90. The quantitative estimate of drug-likeness (QED) is 0.825. The molecule has 1 aromatic carbocycles. The summed E-state index contributed by atoms with van der Waals surface area (Å²) in [6.45, 7) is 6.23. The fourth-order valence-electron chi connectivity index (χ4n) is 2.47. The van der Waals surface area contributed by atoms with Crippen LogP contribution in [0.5, 0.6) is 0 Å². The number of nitrogens with zero attached hydrogens (tertiary/aromatic N) is 2. The van der Waals surface area contributed by atoms with E-state index in [-0.39, 0.29) is 0 Å². The second-order valence-electron chi connectivity index (χ2n) is 4.70. The smallest absolute Gasteiger partial charge is 0.0492 e. The molecule has 0 spiro atoms. The summed E-state index contributed by atoms with van der Waals surface area (Å²) in [6, 6.07) is 13.2. The molecule has 1 heterocycles. The van der Waals surface area contributed by atoms with Crippen molar-refractivity contribution in [2.75, 3.05) is 6.54 Å². The van der Waals surface area contributed by atoms with Crippen LogP contribution in [0.1, 0.15) is 37.6 Å². The van der Waals surface area contributed by atoms with Crippen molar-refractivity contribution in [2.45, 2.75) is 39.3 Å². The molecule has 3 heteroatoms. The zero-order valence-electron chi connectivity index (χ0n) is 11.8. The molecular formula is C16H23N3. The maximum absolute atomic E-state index is 4.33. The van der Waals surface area contributed by atoms with Gasteiger partial charge in [0.2, 0.25) is 0 Å². The number of rotatable bonds is 7. The average Bonchev–Trinajstić information content (AvgIpc) is 2.92. The largest absolute Gasteiger partial charge is 0.310 e. The van der Waals surface area contributed by atoms with Crippen LogP contribution in [0.25, 0.3) is 0 Å². The number of nitrogens with one attached hydrogen (secondary N) is 1. The molecule has 3 nitrogen and oxygen atoms in total. The van der Waals surface area contributed by atoms with Crippen LogP contribution < -0.4 is 5.32 Å². The van der Waals surface area contributed by atoms with E-state index in [1.54, 1.807) is 0 Å². The molecule has 0 radical (unpaired) electrons. The Morgan fingerprint density at radius 3 is 2.63 bits per heavy atom. The van der Waals surface area contributed by atoms with Gasteiger partial charge in [0.1, 0.15) is 0 Å². The second kappa shape index (κ2) is 7.10. The minimum Gasteiger partial charge on any atom is -0.310 e. The van der Waals surface area contributed by atoms with E-state index in [1.165, 1.54) is 11.3 Å². The van der Waals surface area contributed by atoms with Gasteiger partial charge in [0.15, 0.2) is 0 Å². The average molecular weight is 257 g/mol. The van der Waals surface area contributed by atoms with Gasteiger partial charge in [0.05, 0.1) is 0 Å². The molecule has 1 unspecified atom stereocenters. The normalized spacial score (nSPS) is 12.5. The zero-order valence-corrected chi connectivity index (χ0v) is 11.8. The third-order valence-corrected chi connectivity index (χ3v) is 3.45. The summed E-state index contributed by atoms with van der Waals surface area (Å²) in [7, 11) is 0. The van der Waals surface area contributed by atoms with Crippen LogP contribution >= 0.6 is 0 Å². The van der Waals surface area contributed by atoms with Gasteiger partial charge in [-0.3, -0.25) is 4.68 Å². The van der Waals surface area contributed by atoms with Crippen molar-refractivity contribution in [2.24, 2.45) is 0 Å². The third kappa shape index (κ3) is 3.67. The lowest BCUT2D eigenvalue weighted by Crippen LogP contribution is -2.21. The van der Waals surface area contributed by atoms with Crippen LogP contribution in [0.15, 0.2) is 42.6 Å². The maximum Gasteiger partial charge on any atom is 0.0492 e. The first-order chi connectivity index (χ1) is 9.35. The molecule has 19 heavy (non-hydrogen) atoms. The highest BCUT2D eigenvalue weighted by Crippen LogP contribution is 2.19. The topological polar surface area (TPSA) is 29.9 Å². The zero-order chi connectivity index (χ0) is 13.5. The Morgan fingerprint density at radius 2 is 1.95 bits per heavy atom. The lowest BCUT2D eigenvalue weighted by Gasteiger charge is -2.18. The number of aryl methyl sites for hydroxylation is 2. The summed E-state index contributed by atoms with van der Waals surface area (Å²) in [5.74, 6) is 0. The van der Waals surface area contributed by atoms with Crippen LogP contribution in [0, 0.1) is 0 Å². The number of aromatic nitrogens is 2. The maximum atomic E-state index is 4.33. The van der Waals surface area contributed by atoms with Gasteiger partial charge in [0, 0.05) is 24.5 Å². The predicted octanol–water partition coefficient (Wildman–Crippen LogP) is 3.19. The van der Waals surface area contributed by atoms with Gasteiger partial charge in [-0.05, 0) is 37.9 Å². The second-order valence-corrected chi connectivity index (χ2v) is 4.70. The molecule has 0 saturated heterocycles. The van der Waals surface area contributed by atoms with Crippen molar-refractivity contribution >= 4 is 0 Å². The Hall–Kier alpha value is -1.61. The highest BCUT2D eigenvalue weighted by molar-refractivity contribution is 5.19. The monoisotopic (exact) mass is 257 g/mol. The summed E-state index contributed by atoms with van der Waals surface area (Å²) in [5.41, 5.74) is 2.69. The lowest BCUT2D eigenvalue weighted by atomic mass is 10.0. The van der Waals surface area contributed by atoms with E-state index < -0.39 is 0 Å². The summed E-state index contributed by atoms with van der Waals surface area (Å²) in [6.07, 6.45) is 4.05. The summed E-state index contributed by atoms with van der Waals surface area (Å²) >= 11 is 0. The number of benzene rings is 1. The standard InChI is InChI=1S/C16H23N3/c1-3-17-16(14-8-6-5-7-9-14)11-10-15-12-13-18-19(15)4-2/h5-9,12-13,16-17H,3-4,10-11H2,1-2H3. The molecule has 0 aliphatic heterocycles. The first-order valence-electron chi connectivity index (χ1n) is 7.14. The molecule has 0 bridgehead atoms. The Bertz CT molecular complexity index is 476. The summed E-state index contributed by atoms with van der Waals surface area (Å²) in [4.78, 5) is 0. The highest BCUT2D eigenvalue weighted by atomic mass is 15.3. The summed E-state index contributed by atoms with van der Waals surface area (Å²) < 4.78 is 2.08. The van der Waals surface area contributed by atoms with E-state index in [0.717, 1.165) is 25.9 Å². The molecule has 0 fully saturated rings. The first-order valence-corrected chi connectivity index (χ1v) is 7.14. The van der Waals surface area contributed by atoms with E-state index in [9.17, 15) is 0 Å². The Balaban J connectivity index is 2.02. The van der Waals surface area contributed by atoms with Gasteiger partial charge >= 0.3 is 0 Å². The van der Waals surface area contributed by atoms with Crippen molar-refractivity contribution in [1.82, 2.24) is 15.1 Å². The molecule has 1 atom stereocenters. The molecule has 2 aromatic rings. The van der Waals surface area contributed by atoms with Gasteiger partial charge in [-0.1, -0.05) is 37.3 Å². The number of hydrogen-bond acceptors (Lipinski definition) is 2. The fraction of sp³-hybridized carbons (Fsp3) is 0.438. The Kier molecular flexibility index (Phi) is 5.16. The van der Waals surface area contributed by atoms with E-state index in [0.29, 0.717) is 6.04 Å². The lowest BCUT2D eigenvalue weighted by molar-refractivity contribution is 0.500. The van der Waals surface area contributed by atoms with Crippen molar-refractivity contribution in [3.8, 4) is 0 Å². The van der Waals surface area contributed by atoms with Gasteiger partial charge < -0.3 is 5.32 Å².